The van der Waals surface area contributed by atoms with Gasteiger partial charge in [-0.05, 0) is 50.1 Å². The Kier molecular flexibility index (Phi) is 6.84. The molecular weight excluding hydrogens is 362 g/mol. The van der Waals surface area contributed by atoms with Crippen molar-refractivity contribution < 1.29 is 4.79 Å². The van der Waals surface area contributed by atoms with Crippen LogP contribution in [0.1, 0.15) is 36.0 Å². The van der Waals surface area contributed by atoms with Gasteiger partial charge in [-0.15, -0.1) is 0 Å². The van der Waals surface area contributed by atoms with Gasteiger partial charge < -0.3 is 9.47 Å². The highest BCUT2D eigenvalue weighted by atomic mass is 16.2. The molecule has 29 heavy (non-hydrogen) atoms. The van der Waals surface area contributed by atoms with E-state index < -0.39 is 0 Å². The molecule has 152 valence electrons. The van der Waals surface area contributed by atoms with E-state index in [2.05, 4.69) is 40.4 Å². The van der Waals surface area contributed by atoms with Crippen LogP contribution in [-0.2, 0) is 17.9 Å². The zero-order valence-electron chi connectivity index (χ0n) is 17.6. The summed E-state index contributed by atoms with van der Waals surface area (Å²) in [6.45, 7) is 10.8. The number of pyridine rings is 1. The number of hydrogen-bond donors (Lipinski definition) is 0. The van der Waals surface area contributed by atoms with Gasteiger partial charge in [0.05, 0.1) is 5.69 Å². The van der Waals surface area contributed by atoms with Crippen molar-refractivity contribution in [1.82, 2.24) is 19.4 Å². The van der Waals surface area contributed by atoms with Gasteiger partial charge in [-0.25, -0.2) is 0 Å². The monoisotopic (exact) mass is 391 g/mol. The molecule has 6 heteroatoms. The van der Waals surface area contributed by atoms with Gasteiger partial charge in [0.2, 0.25) is 0 Å². The summed E-state index contributed by atoms with van der Waals surface area (Å²) in [7, 11) is 0. The van der Waals surface area contributed by atoms with Crippen molar-refractivity contribution in [2.75, 3.05) is 26.2 Å². The van der Waals surface area contributed by atoms with Gasteiger partial charge in [0.15, 0.2) is 0 Å². The van der Waals surface area contributed by atoms with E-state index in [1.807, 2.05) is 25.1 Å². The Morgan fingerprint density at radius 2 is 2.00 bits per heavy atom. The first kappa shape index (κ1) is 20.8. The molecule has 0 spiro atoms. The summed E-state index contributed by atoms with van der Waals surface area (Å²) < 4.78 is 2.24. The summed E-state index contributed by atoms with van der Waals surface area (Å²) in [4.78, 5) is 21.4. The molecule has 1 aliphatic rings. The number of amides is 1. The van der Waals surface area contributed by atoms with Crippen molar-refractivity contribution in [3.05, 3.63) is 58.7 Å². The van der Waals surface area contributed by atoms with Crippen LogP contribution in [-0.4, -0.2) is 51.4 Å². The zero-order chi connectivity index (χ0) is 20.8. The average molecular weight is 392 g/mol. The normalized spacial score (nSPS) is 15.4. The lowest BCUT2D eigenvalue weighted by molar-refractivity contribution is -0.128. The number of aromatic nitrogens is 2. The van der Waals surface area contributed by atoms with Crippen molar-refractivity contribution in [3.63, 3.8) is 0 Å². The van der Waals surface area contributed by atoms with Crippen molar-refractivity contribution in [2.24, 2.45) is 0 Å². The fraction of sp³-hybridized carbons (Fsp3) is 0.435. The maximum absolute atomic E-state index is 12.9. The number of carbonyl (C=O) groups excluding carboxylic acids is 1. The van der Waals surface area contributed by atoms with Crippen LogP contribution in [0.5, 0.6) is 0 Å². The highest BCUT2D eigenvalue weighted by Crippen LogP contribution is 2.20. The van der Waals surface area contributed by atoms with E-state index in [4.69, 9.17) is 0 Å². The lowest BCUT2D eigenvalue weighted by Gasteiger charge is -2.34. The van der Waals surface area contributed by atoms with Crippen LogP contribution in [0.3, 0.4) is 0 Å². The Labute approximate surface area is 173 Å². The fourth-order valence-electron chi connectivity index (χ4n) is 3.84. The van der Waals surface area contributed by atoms with Crippen LogP contribution in [0.15, 0.2) is 36.0 Å². The van der Waals surface area contributed by atoms with Crippen molar-refractivity contribution >= 4 is 12.0 Å². The molecule has 0 atom stereocenters. The van der Waals surface area contributed by atoms with Crippen LogP contribution in [0, 0.1) is 25.2 Å². The van der Waals surface area contributed by atoms with Crippen LogP contribution in [0.25, 0.3) is 6.08 Å². The lowest BCUT2D eigenvalue weighted by Crippen LogP contribution is -2.48. The van der Waals surface area contributed by atoms with Gasteiger partial charge in [0.25, 0.3) is 5.91 Å². The van der Waals surface area contributed by atoms with Crippen molar-refractivity contribution in [3.8, 4) is 6.07 Å². The van der Waals surface area contributed by atoms with Gasteiger partial charge in [0.1, 0.15) is 11.6 Å². The molecule has 0 saturated carbocycles. The van der Waals surface area contributed by atoms with E-state index in [1.165, 1.54) is 0 Å². The summed E-state index contributed by atoms with van der Waals surface area (Å²) in [6, 6.07) is 10.1. The molecule has 3 rings (SSSR count). The first-order chi connectivity index (χ1) is 14.0. The molecule has 0 aromatic carbocycles. The van der Waals surface area contributed by atoms with Gasteiger partial charge >= 0.3 is 0 Å². The molecule has 3 heterocycles. The summed E-state index contributed by atoms with van der Waals surface area (Å²) in [5.74, 6) is -0.176. The maximum atomic E-state index is 12.9. The highest BCUT2D eigenvalue weighted by molar-refractivity contribution is 6.01. The van der Waals surface area contributed by atoms with Gasteiger partial charge in [0, 0.05) is 56.9 Å². The van der Waals surface area contributed by atoms with E-state index in [9.17, 15) is 10.1 Å². The Bertz CT molecular complexity index is 915. The predicted octanol–water partition coefficient (Wildman–Crippen LogP) is 3.16. The van der Waals surface area contributed by atoms with Gasteiger partial charge in [-0.1, -0.05) is 13.0 Å². The molecule has 1 aliphatic heterocycles. The Morgan fingerprint density at radius 1 is 1.24 bits per heavy atom. The van der Waals surface area contributed by atoms with E-state index in [-0.39, 0.29) is 11.5 Å². The number of nitrogens with zero attached hydrogens (tertiary/aromatic N) is 5. The molecule has 0 bridgehead atoms. The fourth-order valence-corrected chi connectivity index (χ4v) is 3.84. The SMILES string of the molecule is CCCn1c(C)cc(/C=C(\C#N)C(=O)N2CCN(Cc3ccccn3)CC2)c1C. The molecule has 6 nitrogen and oxygen atoms in total. The van der Waals surface area contributed by atoms with Crippen molar-refractivity contribution in [1.29, 1.82) is 5.26 Å². The smallest absolute Gasteiger partial charge is 0.264 e. The van der Waals surface area contributed by atoms with Crippen LogP contribution >= 0.6 is 0 Å². The number of nitriles is 1. The molecule has 0 radical (unpaired) electrons. The minimum Gasteiger partial charge on any atom is -0.349 e. The number of piperazine rings is 1. The maximum Gasteiger partial charge on any atom is 0.264 e. The van der Waals surface area contributed by atoms with Gasteiger partial charge in [-0.3, -0.25) is 14.7 Å². The topological polar surface area (TPSA) is 65.2 Å². The largest absolute Gasteiger partial charge is 0.349 e. The Morgan fingerprint density at radius 3 is 2.62 bits per heavy atom. The van der Waals surface area contributed by atoms with E-state index >= 15 is 0 Å². The van der Waals surface area contributed by atoms with Gasteiger partial charge in [-0.2, -0.15) is 5.26 Å². The van der Waals surface area contributed by atoms with Crippen LogP contribution in [0.2, 0.25) is 0 Å². The second kappa shape index (κ2) is 9.53. The molecule has 2 aromatic heterocycles. The molecular formula is C23H29N5O. The zero-order valence-corrected chi connectivity index (χ0v) is 17.6. The molecule has 0 unspecified atom stereocenters. The van der Waals surface area contributed by atoms with E-state index in [0.717, 1.165) is 55.2 Å². The predicted molar refractivity (Wildman–Crippen MR) is 114 cm³/mol. The minimum absolute atomic E-state index is 0.176. The summed E-state index contributed by atoms with van der Waals surface area (Å²) >= 11 is 0. The molecule has 1 fully saturated rings. The number of rotatable bonds is 6. The highest BCUT2D eigenvalue weighted by Gasteiger charge is 2.24. The number of hydrogen-bond acceptors (Lipinski definition) is 4. The molecule has 0 N–H and O–H groups in total. The minimum atomic E-state index is -0.176. The standard InChI is InChI=1S/C23H29N5O/c1-4-9-28-18(2)14-20(19(28)3)15-21(16-24)23(29)27-12-10-26(11-13-27)17-22-7-5-6-8-25-22/h5-8,14-15H,4,9-13,17H2,1-3H3/b21-15+. The molecule has 1 amide bonds. The van der Waals surface area contributed by atoms with Crippen LogP contribution < -0.4 is 0 Å². The molecule has 1 saturated heterocycles. The Hall–Kier alpha value is -2.91. The second-order valence-electron chi connectivity index (χ2n) is 7.54. The molecule has 2 aromatic rings. The van der Waals surface area contributed by atoms with E-state index in [0.29, 0.717) is 13.1 Å². The lowest BCUT2D eigenvalue weighted by atomic mass is 10.1. The third kappa shape index (κ3) is 4.93. The number of aryl methyl sites for hydroxylation is 1. The van der Waals surface area contributed by atoms with Crippen LogP contribution in [0.4, 0.5) is 0 Å². The van der Waals surface area contributed by atoms with E-state index in [1.54, 1.807) is 17.2 Å². The summed E-state index contributed by atoms with van der Waals surface area (Å²) in [5, 5.41) is 9.61. The second-order valence-corrected chi connectivity index (χ2v) is 7.54. The quantitative estimate of drug-likeness (QED) is 0.560. The Balaban J connectivity index is 1.66. The molecule has 0 aliphatic carbocycles. The number of carbonyl (C=O) groups is 1. The summed E-state index contributed by atoms with van der Waals surface area (Å²) in [5.41, 5.74) is 4.45. The third-order valence-corrected chi connectivity index (χ3v) is 5.48. The van der Waals surface area contributed by atoms with Crippen molar-refractivity contribution in [2.45, 2.75) is 40.3 Å². The first-order valence-corrected chi connectivity index (χ1v) is 10.2. The summed E-state index contributed by atoms with van der Waals surface area (Å²) in [6.07, 6.45) is 4.60. The average Bonchev–Trinajstić information content (AvgIpc) is 3.00. The third-order valence-electron chi connectivity index (χ3n) is 5.48. The first-order valence-electron chi connectivity index (χ1n) is 10.2.